The number of carboxylic acids is 1. The Morgan fingerprint density at radius 3 is 2.45 bits per heavy atom. The van der Waals surface area contributed by atoms with Crippen molar-refractivity contribution in [2.24, 2.45) is 0 Å². The minimum Gasteiger partial charge on any atom is -0.477 e. The first kappa shape index (κ1) is 18.2. The molecule has 2 heterocycles. The van der Waals surface area contributed by atoms with E-state index < -0.39 is 12.0 Å². The third-order valence-electron chi connectivity index (χ3n) is 4.46. The Morgan fingerprint density at radius 1 is 1.07 bits per heavy atom. The normalized spacial score (nSPS) is 15.3. The molecule has 3 N–H and O–H groups in total. The van der Waals surface area contributed by atoms with Gasteiger partial charge in [0.15, 0.2) is 0 Å². The summed E-state index contributed by atoms with van der Waals surface area (Å²) in [6.07, 6.45) is 6.72. The number of nitrogens with zero attached hydrogens (tertiary/aromatic N) is 2. The largest absolute Gasteiger partial charge is 0.477 e. The number of allylic oxidation sites excluding steroid dienone is 2. The number of fused-ring (bicyclic) bond motifs is 1. The number of hydrogen-bond acceptors (Lipinski definition) is 4. The summed E-state index contributed by atoms with van der Waals surface area (Å²) in [7, 11) is 0. The van der Waals surface area contributed by atoms with Crippen LogP contribution in [0.15, 0.2) is 84.7 Å². The summed E-state index contributed by atoms with van der Waals surface area (Å²) < 4.78 is 1.59. The highest BCUT2D eigenvalue weighted by molar-refractivity contribution is 6.08. The Morgan fingerprint density at radius 2 is 1.76 bits per heavy atom. The number of aliphatic carboxylic acids is 1. The average molecular weight is 386 g/mol. The lowest BCUT2D eigenvalue weighted by Gasteiger charge is -2.22. The van der Waals surface area contributed by atoms with Gasteiger partial charge in [0.05, 0.1) is 12.2 Å². The van der Waals surface area contributed by atoms with Gasteiger partial charge in [0.1, 0.15) is 17.1 Å². The summed E-state index contributed by atoms with van der Waals surface area (Å²) in [6.45, 7) is 0. The van der Waals surface area contributed by atoms with Crippen molar-refractivity contribution in [3.63, 3.8) is 0 Å². The van der Waals surface area contributed by atoms with Gasteiger partial charge in [-0.2, -0.15) is 5.10 Å². The van der Waals surface area contributed by atoms with E-state index in [1.54, 1.807) is 22.9 Å². The summed E-state index contributed by atoms with van der Waals surface area (Å²) in [5, 5.41) is 19.4. The minimum absolute atomic E-state index is 0.00512. The lowest BCUT2D eigenvalue weighted by Crippen LogP contribution is -2.24. The van der Waals surface area contributed by atoms with E-state index in [2.05, 4.69) is 15.7 Å². The Balaban J connectivity index is 1.65. The van der Waals surface area contributed by atoms with Crippen LogP contribution in [0.1, 0.15) is 22.0 Å². The average Bonchev–Trinajstić information content (AvgIpc) is 3.18. The minimum atomic E-state index is -1.11. The first-order chi connectivity index (χ1) is 14.1. The van der Waals surface area contributed by atoms with E-state index in [0.717, 1.165) is 5.56 Å². The van der Waals surface area contributed by atoms with Crippen LogP contribution >= 0.6 is 0 Å². The van der Waals surface area contributed by atoms with E-state index in [4.69, 9.17) is 0 Å². The zero-order valence-electron chi connectivity index (χ0n) is 15.3. The molecule has 1 aliphatic heterocycles. The number of benzene rings is 2. The molecule has 2 aromatic carbocycles. The van der Waals surface area contributed by atoms with Gasteiger partial charge in [0.2, 0.25) is 0 Å². The van der Waals surface area contributed by atoms with Crippen LogP contribution < -0.4 is 10.6 Å². The Kier molecular flexibility index (Phi) is 4.94. The van der Waals surface area contributed by atoms with Gasteiger partial charge < -0.3 is 15.7 Å². The van der Waals surface area contributed by atoms with Crippen molar-refractivity contribution in [2.75, 3.05) is 10.6 Å². The van der Waals surface area contributed by atoms with Crippen molar-refractivity contribution in [1.82, 2.24) is 9.78 Å². The highest BCUT2D eigenvalue weighted by Crippen LogP contribution is 2.29. The number of nitrogens with one attached hydrogen (secondary N) is 2. The molecule has 0 saturated heterocycles. The third kappa shape index (κ3) is 3.93. The second kappa shape index (κ2) is 7.85. The fraction of sp³-hybridized carbons (Fsp3) is 0.0455. The summed E-state index contributed by atoms with van der Waals surface area (Å²) in [4.78, 5) is 24.3. The van der Waals surface area contributed by atoms with Crippen molar-refractivity contribution >= 4 is 29.5 Å². The lowest BCUT2D eigenvalue weighted by atomic mass is 10.1. The van der Waals surface area contributed by atoms with E-state index in [1.165, 1.54) is 6.20 Å². The molecule has 29 heavy (non-hydrogen) atoms. The van der Waals surface area contributed by atoms with E-state index in [9.17, 15) is 14.7 Å². The van der Waals surface area contributed by atoms with Crippen LogP contribution in [0.5, 0.6) is 0 Å². The molecule has 0 spiro atoms. The SMILES string of the molecule is O=C(O)C1=C[C@H](/C=C/c2ccccc2)n2ncc(C(=O)Nc3ccccc3)c2N1. The molecule has 7 heteroatoms. The number of amides is 1. The molecule has 1 aromatic heterocycles. The van der Waals surface area contributed by atoms with E-state index in [1.807, 2.05) is 60.7 Å². The maximum atomic E-state index is 12.7. The van der Waals surface area contributed by atoms with Gasteiger partial charge in [-0.3, -0.25) is 4.79 Å². The highest BCUT2D eigenvalue weighted by Gasteiger charge is 2.27. The van der Waals surface area contributed by atoms with Crippen LogP contribution in [0.2, 0.25) is 0 Å². The molecule has 0 saturated carbocycles. The monoisotopic (exact) mass is 386 g/mol. The number of rotatable bonds is 5. The van der Waals surface area contributed by atoms with E-state index in [0.29, 0.717) is 11.5 Å². The van der Waals surface area contributed by atoms with Crippen molar-refractivity contribution in [3.05, 3.63) is 95.8 Å². The fourth-order valence-electron chi connectivity index (χ4n) is 3.05. The molecular weight excluding hydrogens is 368 g/mol. The summed E-state index contributed by atoms with van der Waals surface area (Å²) in [5.41, 5.74) is 1.88. The van der Waals surface area contributed by atoms with Crippen LogP contribution in [-0.2, 0) is 4.79 Å². The Labute approximate surface area is 167 Å². The number of para-hydroxylation sites is 1. The smallest absolute Gasteiger partial charge is 0.352 e. The summed E-state index contributed by atoms with van der Waals surface area (Å²) in [5.74, 6) is -1.15. The molecule has 0 aliphatic carbocycles. The van der Waals surface area contributed by atoms with Gasteiger partial charge >= 0.3 is 5.97 Å². The number of carbonyl (C=O) groups excluding carboxylic acids is 1. The first-order valence-electron chi connectivity index (χ1n) is 9.01. The molecule has 4 rings (SSSR count). The summed E-state index contributed by atoms with van der Waals surface area (Å²) in [6, 6.07) is 18.2. The first-order valence-corrected chi connectivity index (χ1v) is 9.01. The standard InChI is InChI=1S/C22H18N4O3/c27-21(24-16-9-5-2-6-10-16)18-14-23-26-17(12-11-15-7-3-1-4-8-15)13-19(22(28)29)25-20(18)26/h1-14,17,25H,(H,24,27)(H,28,29)/b12-11+/t17-/m0/s1. The molecule has 1 amide bonds. The van der Waals surface area contributed by atoms with Crippen LogP contribution in [0.3, 0.4) is 0 Å². The van der Waals surface area contributed by atoms with Crippen LogP contribution in [-0.4, -0.2) is 26.8 Å². The fourth-order valence-corrected chi connectivity index (χ4v) is 3.05. The highest BCUT2D eigenvalue weighted by atomic mass is 16.4. The molecule has 1 aliphatic rings. The molecule has 3 aromatic rings. The number of anilines is 2. The number of hydrogen-bond donors (Lipinski definition) is 3. The van der Waals surface area contributed by atoms with E-state index >= 15 is 0 Å². The van der Waals surface area contributed by atoms with Gasteiger partial charge in [-0.05, 0) is 23.8 Å². The molecule has 1 atom stereocenters. The van der Waals surface area contributed by atoms with Crippen molar-refractivity contribution in [1.29, 1.82) is 0 Å². The zero-order valence-corrected chi connectivity index (χ0v) is 15.3. The van der Waals surface area contributed by atoms with Gasteiger partial charge in [0, 0.05) is 5.69 Å². The number of carbonyl (C=O) groups is 2. The van der Waals surface area contributed by atoms with Crippen LogP contribution in [0, 0.1) is 0 Å². The van der Waals surface area contributed by atoms with Crippen LogP contribution in [0.4, 0.5) is 11.5 Å². The molecule has 0 radical (unpaired) electrons. The molecule has 144 valence electrons. The lowest BCUT2D eigenvalue weighted by molar-refractivity contribution is -0.132. The van der Waals surface area contributed by atoms with Crippen molar-refractivity contribution in [2.45, 2.75) is 6.04 Å². The predicted molar refractivity (Wildman–Crippen MR) is 110 cm³/mol. The predicted octanol–water partition coefficient (Wildman–Crippen LogP) is 3.78. The topological polar surface area (TPSA) is 96.2 Å². The molecule has 0 fully saturated rings. The maximum Gasteiger partial charge on any atom is 0.352 e. The molecule has 0 unspecified atom stereocenters. The summed E-state index contributed by atoms with van der Waals surface area (Å²) >= 11 is 0. The second-order valence-corrected chi connectivity index (χ2v) is 6.44. The van der Waals surface area contributed by atoms with Crippen molar-refractivity contribution < 1.29 is 14.7 Å². The zero-order chi connectivity index (χ0) is 20.2. The van der Waals surface area contributed by atoms with Gasteiger partial charge in [-0.1, -0.05) is 60.7 Å². The maximum absolute atomic E-state index is 12.7. The molecule has 0 bridgehead atoms. The number of aromatic nitrogens is 2. The van der Waals surface area contributed by atoms with Crippen LogP contribution in [0.25, 0.3) is 6.08 Å². The molecular formula is C22H18N4O3. The van der Waals surface area contributed by atoms with E-state index in [-0.39, 0.29) is 17.2 Å². The second-order valence-electron chi connectivity index (χ2n) is 6.44. The Bertz CT molecular complexity index is 1100. The molecule has 7 nitrogen and oxygen atoms in total. The van der Waals surface area contributed by atoms with Gasteiger partial charge in [0.25, 0.3) is 5.91 Å². The Hall–Kier alpha value is -4.13. The van der Waals surface area contributed by atoms with Gasteiger partial charge in [-0.25, -0.2) is 9.48 Å². The van der Waals surface area contributed by atoms with Crippen molar-refractivity contribution in [3.8, 4) is 0 Å². The van der Waals surface area contributed by atoms with Gasteiger partial charge in [-0.15, -0.1) is 0 Å². The number of carboxylic acid groups (broad SMARTS) is 1. The quantitative estimate of drug-likeness (QED) is 0.620. The third-order valence-corrected chi connectivity index (χ3v) is 4.46.